The number of carboxylic acids is 1. The van der Waals surface area contributed by atoms with Gasteiger partial charge in [0.05, 0.1) is 6.61 Å². The molecule has 0 aliphatic carbocycles. The molecule has 0 aromatic carbocycles. The smallest absolute Gasteiger partial charge is 0.408 e. The summed E-state index contributed by atoms with van der Waals surface area (Å²) in [4.78, 5) is 21.4. The standard InChI is InChI=1S/C8H15NO5.H3N/c1-8(2,3)14-7(13)9-5(4-10)6(11)12;/h5,10H,4H2,1-3H3,(H,9,13)(H,11,12);1H3. The van der Waals surface area contributed by atoms with E-state index in [1.54, 1.807) is 20.8 Å². The summed E-state index contributed by atoms with van der Waals surface area (Å²) in [7, 11) is 0. The highest BCUT2D eigenvalue weighted by Crippen LogP contribution is 2.06. The maximum absolute atomic E-state index is 11.0. The van der Waals surface area contributed by atoms with E-state index in [0.717, 1.165) is 0 Å². The molecule has 0 saturated carbocycles. The Hall–Kier alpha value is -1.34. The van der Waals surface area contributed by atoms with E-state index in [9.17, 15) is 9.59 Å². The highest BCUT2D eigenvalue weighted by Gasteiger charge is 2.22. The number of aliphatic carboxylic acids is 1. The minimum absolute atomic E-state index is 0. The van der Waals surface area contributed by atoms with E-state index < -0.39 is 30.3 Å². The molecule has 1 atom stereocenters. The van der Waals surface area contributed by atoms with Gasteiger partial charge >= 0.3 is 12.1 Å². The van der Waals surface area contributed by atoms with Gasteiger partial charge in [-0.3, -0.25) is 0 Å². The van der Waals surface area contributed by atoms with Crippen molar-refractivity contribution in [2.24, 2.45) is 0 Å². The number of hydrogen-bond donors (Lipinski definition) is 4. The van der Waals surface area contributed by atoms with Gasteiger partial charge in [-0.25, -0.2) is 9.59 Å². The van der Waals surface area contributed by atoms with E-state index in [1.807, 2.05) is 5.32 Å². The average molecular weight is 222 g/mol. The topological polar surface area (TPSA) is 131 Å². The van der Waals surface area contributed by atoms with Crippen molar-refractivity contribution in [3.05, 3.63) is 0 Å². The van der Waals surface area contributed by atoms with E-state index in [-0.39, 0.29) is 6.15 Å². The maximum Gasteiger partial charge on any atom is 0.408 e. The predicted molar refractivity (Wildman–Crippen MR) is 52.9 cm³/mol. The van der Waals surface area contributed by atoms with Gasteiger partial charge in [-0.1, -0.05) is 0 Å². The predicted octanol–water partition coefficient (Wildman–Crippen LogP) is 0.119. The van der Waals surface area contributed by atoms with E-state index in [0.29, 0.717) is 0 Å². The van der Waals surface area contributed by atoms with Gasteiger partial charge in [0.25, 0.3) is 0 Å². The number of nitrogens with one attached hydrogen (secondary N) is 1. The summed E-state index contributed by atoms with van der Waals surface area (Å²) in [6.07, 6.45) is -0.862. The molecular formula is C8H18N2O5. The first-order valence-corrected chi connectivity index (χ1v) is 4.09. The maximum atomic E-state index is 11.0. The Kier molecular flexibility index (Phi) is 6.66. The second kappa shape index (κ2) is 6.20. The Morgan fingerprint density at radius 3 is 2.13 bits per heavy atom. The van der Waals surface area contributed by atoms with Crippen molar-refractivity contribution in [1.82, 2.24) is 11.5 Å². The fraction of sp³-hybridized carbons (Fsp3) is 0.750. The number of aliphatic hydroxyl groups is 1. The molecule has 0 spiro atoms. The lowest BCUT2D eigenvalue weighted by molar-refractivity contribution is -0.140. The van der Waals surface area contributed by atoms with Crippen LogP contribution in [0.15, 0.2) is 0 Å². The molecule has 0 fully saturated rings. The molecule has 0 radical (unpaired) electrons. The molecular weight excluding hydrogens is 204 g/mol. The van der Waals surface area contributed by atoms with Crippen molar-refractivity contribution in [2.45, 2.75) is 32.4 Å². The Morgan fingerprint density at radius 2 is 1.87 bits per heavy atom. The number of hydrogen-bond acceptors (Lipinski definition) is 5. The lowest BCUT2D eigenvalue weighted by Gasteiger charge is -2.21. The van der Waals surface area contributed by atoms with E-state index in [4.69, 9.17) is 14.9 Å². The van der Waals surface area contributed by atoms with Gasteiger partial charge in [-0.15, -0.1) is 0 Å². The van der Waals surface area contributed by atoms with Crippen LogP contribution < -0.4 is 11.5 Å². The Balaban J connectivity index is 0. The zero-order chi connectivity index (χ0) is 11.4. The lowest BCUT2D eigenvalue weighted by atomic mass is 10.2. The van der Waals surface area contributed by atoms with Crippen LogP contribution in [0.2, 0.25) is 0 Å². The third kappa shape index (κ3) is 7.71. The number of carboxylic acid groups (broad SMARTS) is 1. The van der Waals surface area contributed by atoms with Crippen molar-refractivity contribution in [3.8, 4) is 0 Å². The van der Waals surface area contributed by atoms with Gasteiger partial charge in [-0.05, 0) is 20.8 Å². The van der Waals surface area contributed by atoms with Crippen molar-refractivity contribution in [3.63, 3.8) is 0 Å². The normalized spacial score (nSPS) is 12.3. The molecule has 0 aliphatic heterocycles. The Bertz CT molecular complexity index is 224. The number of amides is 1. The molecule has 7 nitrogen and oxygen atoms in total. The molecule has 0 aliphatic rings. The van der Waals surface area contributed by atoms with Crippen molar-refractivity contribution in [2.75, 3.05) is 6.61 Å². The molecule has 1 unspecified atom stereocenters. The van der Waals surface area contributed by atoms with Crippen LogP contribution in [0.3, 0.4) is 0 Å². The highest BCUT2D eigenvalue weighted by molar-refractivity contribution is 5.80. The van der Waals surface area contributed by atoms with Crippen molar-refractivity contribution >= 4 is 12.1 Å². The molecule has 15 heavy (non-hydrogen) atoms. The second-order valence-electron chi connectivity index (χ2n) is 3.72. The summed E-state index contributed by atoms with van der Waals surface area (Å²) in [5.74, 6) is -1.31. The van der Waals surface area contributed by atoms with Crippen LogP contribution in [0, 0.1) is 0 Å². The monoisotopic (exact) mass is 222 g/mol. The summed E-state index contributed by atoms with van der Waals surface area (Å²) in [5, 5.41) is 19.1. The summed E-state index contributed by atoms with van der Waals surface area (Å²) in [6, 6.07) is -1.33. The number of rotatable bonds is 3. The second-order valence-corrected chi connectivity index (χ2v) is 3.72. The number of alkyl carbamates (subject to hydrolysis) is 1. The molecule has 0 aromatic heterocycles. The highest BCUT2D eigenvalue weighted by atomic mass is 16.6. The van der Waals surface area contributed by atoms with Crippen LogP contribution in [0.4, 0.5) is 4.79 Å². The lowest BCUT2D eigenvalue weighted by Crippen LogP contribution is -2.45. The van der Waals surface area contributed by atoms with Crippen LogP contribution in [-0.4, -0.2) is 40.5 Å². The fourth-order valence-corrected chi connectivity index (χ4v) is 0.635. The quantitative estimate of drug-likeness (QED) is 0.536. The van der Waals surface area contributed by atoms with Crippen LogP contribution in [0.25, 0.3) is 0 Å². The molecule has 0 rings (SSSR count). The van der Waals surface area contributed by atoms with Crippen molar-refractivity contribution in [1.29, 1.82) is 0 Å². The zero-order valence-electron chi connectivity index (χ0n) is 9.11. The number of aliphatic hydroxyl groups excluding tert-OH is 1. The van der Waals surface area contributed by atoms with Gasteiger partial charge < -0.3 is 26.4 Å². The van der Waals surface area contributed by atoms with E-state index >= 15 is 0 Å². The third-order valence-electron chi connectivity index (χ3n) is 1.17. The molecule has 7 heteroatoms. The molecule has 1 amide bonds. The van der Waals surface area contributed by atoms with Crippen molar-refractivity contribution < 1.29 is 24.5 Å². The van der Waals surface area contributed by atoms with Gasteiger partial charge in [0.2, 0.25) is 0 Å². The van der Waals surface area contributed by atoms with Crippen LogP contribution in [-0.2, 0) is 9.53 Å². The first-order chi connectivity index (χ1) is 6.26. The molecule has 6 N–H and O–H groups in total. The van der Waals surface area contributed by atoms with Gasteiger partial charge in [-0.2, -0.15) is 0 Å². The number of carbonyl (C=O) groups is 2. The fourth-order valence-electron chi connectivity index (χ4n) is 0.635. The first-order valence-electron chi connectivity index (χ1n) is 4.09. The third-order valence-corrected chi connectivity index (χ3v) is 1.17. The summed E-state index contributed by atoms with van der Waals surface area (Å²) < 4.78 is 4.80. The molecule has 0 saturated heterocycles. The largest absolute Gasteiger partial charge is 0.480 e. The van der Waals surface area contributed by atoms with E-state index in [1.165, 1.54) is 0 Å². The molecule has 90 valence electrons. The Labute approximate surface area is 88.0 Å². The first kappa shape index (κ1) is 16.1. The van der Waals surface area contributed by atoms with Crippen LogP contribution >= 0.6 is 0 Å². The Morgan fingerprint density at radius 1 is 1.40 bits per heavy atom. The van der Waals surface area contributed by atoms with Crippen LogP contribution in [0.5, 0.6) is 0 Å². The molecule has 0 bridgehead atoms. The van der Waals surface area contributed by atoms with E-state index in [2.05, 4.69) is 0 Å². The number of carbonyl (C=O) groups excluding carboxylic acids is 1. The summed E-state index contributed by atoms with van der Waals surface area (Å²) in [5.41, 5.74) is -0.692. The van der Waals surface area contributed by atoms with Crippen LogP contribution in [0.1, 0.15) is 20.8 Å². The SMILES string of the molecule is CC(C)(C)OC(=O)NC(CO)C(=O)O.N. The zero-order valence-corrected chi connectivity index (χ0v) is 9.11. The number of ether oxygens (including phenoxy) is 1. The minimum atomic E-state index is -1.33. The average Bonchev–Trinajstić information content (AvgIpc) is 1.96. The summed E-state index contributed by atoms with van der Waals surface area (Å²) >= 11 is 0. The van der Waals surface area contributed by atoms with Gasteiger partial charge in [0, 0.05) is 0 Å². The summed E-state index contributed by atoms with van der Waals surface area (Å²) in [6.45, 7) is 4.29. The van der Waals surface area contributed by atoms with Gasteiger partial charge in [0.15, 0.2) is 6.04 Å². The minimum Gasteiger partial charge on any atom is -0.480 e. The molecule has 0 heterocycles. The molecule has 0 aromatic rings. The van der Waals surface area contributed by atoms with Gasteiger partial charge in [0.1, 0.15) is 5.60 Å².